The lowest BCUT2D eigenvalue weighted by atomic mass is 9.60. The molecule has 0 heterocycles. The quantitative estimate of drug-likeness (QED) is 0.163. The van der Waals surface area contributed by atoms with Gasteiger partial charge in [-0.1, -0.05) is 120 Å². The van der Waals surface area contributed by atoms with Crippen molar-refractivity contribution in [3.63, 3.8) is 0 Å². The highest BCUT2D eigenvalue weighted by Crippen LogP contribution is 2.60. The molecular formula is C42H76O4Si2. The van der Waals surface area contributed by atoms with Crippen LogP contribution in [0.3, 0.4) is 0 Å². The molecule has 48 heavy (non-hydrogen) atoms. The fourth-order valence-electron chi connectivity index (χ4n) is 11.7. The van der Waals surface area contributed by atoms with Crippen molar-refractivity contribution in [3.8, 4) is 0 Å². The van der Waals surface area contributed by atoms with Gasteiger partial charge in [-0.25, -0.2) is 0 Å². The number of carboxylic acids is 1. The van der Waals surface area contributed by atoms with Crippen LogP contribution in [0.25, 0.3) is 0 Å². The van der Waals surface area contributed by atoms with Crippen LogP contribution in [0.2, 0.25) is 33.2 Å². The first-order valence-electron chi connectivity index (χ1n) is 20.0. The number of aliphatic carboxylic acids is 1. The van der Waals surface area contributed by atoms with Gasteiger partial charge in [0.25, 0.3) is 0 Å². The van der Waals surface area contributed by atoms with Crippen molar-refractivity contribution in [2.24, 2.45) is 23.2 Å². The van der Waals surface area contributed by atoms with E-state index in [2.05, 4.69) is 109 Å². The van der Waals surface area contributed by atoms with Gasteiger partial charge in [0.05, 0.1) is 0 Å². The molecule has 5 atom stereocenters. The molecule has 0 radical (unpaired) electrons. The molecule has 0 aliphatic heterocycles. The highest BCUT2D eigenvalue weighted by atomic mass is 28.4. The largest absolute Gasteiger partial charge is 0.481 e. The van der Waals surface area contributed by atoms with Crippen LogP contribution in [-0.4, -0.2) is 40.4 Å². The highest BCUT2D eigenvalue weighted by molar-refractivity contribution is 6.78. The van der Waals surface area contributed by atoms with E-state index in [9.17, 15) is 9.90 Å². The third-order valence-electron chi connectivity index (χ3n) is 13.8. The van der Waals surface area contributed by atoms with Gasteiger partial charge in [-0.3, -0.25) is 4.79 Å². The molecule has 0 spiro atoms. The Morgan fingerprint density at radius 1 is 0.854 bits per heavy atom. The standard InChI is InChI=1S/C42H76O4Si2/c1-28(2)47(29(3)4,30(5)6)45-27-37(20-24-41(43)44)40-23-22-39-35(16-15-25-42(39,40)14)18-19-36-26-38(21-17-34(36)13)46-48(31(7)8,32(9)10)33(11)12/h18-19,28-33,37-40H,13,15-17,20-27H2,1-12,14H3,(H,43,44)/b35-18?,36-19+/t37-,38-,39-,40+,42-/m0/s1. The summed E-state index contributed by atoms with van der Waals surface area (Å²) in [5.74, 6) is 0.676. The summed E-state index contributed by atoms with van der Waals surface area (Å²) >= 11 is 0. The molecule has 3 saturated carbocycles. The molecule has 0 saturated heterocycles. The number of carbonyl (C=O) groups is 1. The second kappa shape index (κ2) is 17.0. The molecule has 6 heteroatoms. The number of hydrogen-bond donors (Lipinski definition) is 1. The molecule has 4 nitrogen and oxygen atoms in total. The van der Waals surface area contributed by atoms with Crippen LogP contribution in [0, 0.1) is 23.2 Å². The zero-order valence-corrected chi connectivity index (χ0v) is 35.6. The van der Waals surface area contributed by atoms with Crippen molar-refractivity contribution in [2.45, 2.75) is 194 Å². The zero-order chi connectivity index (χ0) is 36.2. The molecule has 0 aromatic rings. The Kier molecular flexibility index (Phi) is 14.7. The van der Waals surface area contributed by atoms with Gasteiger partial charge in [-0.15, -0.1) is 0 Å². The Morgan fingerprint density at radius 2 is 1.42 bits per heavy atom. The van der Waals surface area contributed by atoms with E-state index >= 15 is 0 Å². The molecular weight excluding hydrogens is 625 g/mol. The Morgan fingerprint density at radius 3 is 1.94 bits per heavy atom. The van der Waals surface area contributed by atoms with Gasteiger partial charge in [0.2, 0.25) is 8.32 Å². The topological polar surface area (TPSA) is 55.8 Å². The zero-order valence-electron chi connectivity index (χ0n) is 33.6. The van der Waals surface area contributed by atoms with Crippen LogP contribution >= 0.6 is 0 Å². The molecule has 1 N–H and O–H groups in total. The minimum absolute atomic E-state index is 0.193. The van der Waals surface area contributed by atoms with Crippen molar-refractivity contribution < 1.29 is 18.8 Å². The van der Waals surface area contributed by atoms with Crippen LogP contribution in [-0.2, 0) is 13.6 Å². The Labute approximate surface area is 299 Å². The van der Waals surface area contributed by atoms with Gasteiger partial charge in [-0.05, 0) is 120 Å². The van der Waals surface area contributed by atoms with E-state index in [1.165, 1.54) is 43.3 Å². The van der Waals surface area contributed by atoms with Crippen molar-refractivity contribution in [3.05, 3.63) is 35.5 Å². The molecule has 0 bridgehead atoms. The average Bonchev–Trinajstić information content (AvgIpc) is 3.33. The Balaban J connectivity index is 1.86. The second-order valence-electron chi connectivity index (χ2n) is 18.3. The average molecular weight is 701 g/mol. The van der Waals surface area contributed by atoms with E-state index in [1.807, 2.05) is 0 Å². The third-order valence-corrected chi connectivity index (χ3v) is 26.1. The fourth-order valence-corrected chi connectivity index (χ4v) is 22.8. The minimum Gasteiger partial charge on any atom is -0.481 e. The summed E-state index contributed by atoms with van der Waals surface area (Å²) in [6, 6.07) is 0. The fraction of sp³-hybridized carbons (Fsp3) is 0.833. The Hall–Kier alpha value is -0.956. The molecule has 3 aliphatic rings. The lowest BCUT2D eigenvalue weighted by Crippen LogP contribution is -2.50. The normalized spacial score (nSPS) is 28.2. The first-order chi connectivity index (χ1) is 22.3. The lowest BCUT2D eigenvalue weighted by Gasteiger charge is -2.47. The van der Waals surface area contributed by atoms with Gasteiger partial charge in [0.1, 0.15) is 0 Å². The van der Waals surface area contributed by atoms with Crippen LogP contribution < -0.4 is 0 Å². The number of carboxylic acid groups (broad SMARTS) is 1. The molecule has 3 aliphatic carbocycles. The summed E-state index contributed by atoms with van der Waals surface area (Å²) < 4.78 is 14.5. The second-order valence-corrected chi connectivity index (χ2v) is 29.1. The molecule has 3 rings (SSSR count). The molecule has 0 amide bonds. The van der Waals surface area contributed by atoms with Crippen LogP contribution in [0.4, 0.5) is 0 Å². The first-order valence-corrected chi connectivity index (χ1v) is 24.2. The predicted molar refractivity (Wildman–Crippen MR) is 211 cm³/mol. The highest BCUT2D eigenvalue weighted by Gasteiger charge is 2.53. The molecule has 276 valence electrons. The number of hydrogen-bond acceptors (Lipinski definition) is 3. The predicted octanol–water partition coefficient (Wildman–Crippen LogP) is 13.0. The van der Waals surface area contributed by atoms with Crippen molar-refractivity contribution in [2.75, 3.05) is 6.61 Å². The molecule has 0 unspecified atom stereocenters. The summed E-state index contributed by atoms with van der Waals surface area (Å²) in [4.78, 5) is 11.9. The maximum absolute atomic E-state index is 11.9. The lowest BCUT2D eigenvalue weighted by molar-refractivity contribution is -0.137. The van der Waals surface area contributed by atoms with Gasteiger partial charge in [-0.2, -0.15) is 0 Å². The van der Waals surface area contributed by atoms with E-state index in [0.717, 1.165) is 32.3 Å². The van der Waals surface area contributed by atoms with Gasteiger partial charge < -0.3 is 14.0 Å². The van der Waals surface area contributed by atoms with Crippen molar-refractivity contribution >= 4 is 22.6 Å². The summed E-state index contributed by atoms with van der Waals surface area (Å²) in [5.41, 5.74) is 7.86. The third kappa shape index (κ3) is 8.56. The van der Waals surface area contributed by atoms with Gasteiger partial charge >= 0.3 is 5.97 Å². The van der Waals surface area contributed by atoms with E-state index in [0.29, 0.717) is 57.1 Å². The van der Waals surface area contributed by atoms with Crippen LogP contribution in [0.5, 0.6) is 0 Å². The summed E-state index contributed by atoms with van der Waals surface area (Å²) in [5, 5.41) is 9.75. The van der Waals surface area contributed by atoms with E-state index in [4.69, 9.17) is 8.85 Å². The first kappa shape index (κ1) is 41.5. The smallest absolute Gasteiger partial charge is 0.303 e. The van der Waals surface area contributed by atoms with Crippen LogP contribution in [0.1, 0.15) is 154 Å². The van der Waals surface area contributed by atoms with Gasteiger partial charge in [0.15, 0.2) is 8.32 Å². The summed E-state index contributed by atoms with van der Waals surface area (Å²) in [6.07, 6.45) is 15.3. The summed E-state index contributed by atoms with van der Waals surface area (Å²) in [7, 11) is -3.98. The number of rotatable bonds is 16. The van der Waals surface area contributed by atoms with E-state index in [-0.39, 0.29) is 11.8 Å². The molecule has 3 fully saturated rings. The minimum atomic E-state index is -2.04. The number of fused-ring (bicyclic) bond motifs is 1. The van der Waals surface area contributed by atoms with Crippen molar-refractivity contribution in [1.82, 2.24) is 0 Å². The van der Waals surface area contributed by atoms with Gasteiger partial charge in [0, 0.05) is 19.1 Å². The SMILES string of the molecule is C=C1CC[C@H](O[Si](C(C)C)(C(C)C)C(C)C)C/C1=C\C=C1CCC[C@]2(C)[C@@H]([C@@H](CCC(=O)O)CO[Si](C(C)C)(C(C)C)C(C)C)CC[C@@H]12. The molecule has 0 aromatic heterocycles. The Bertz CT molecular complexity index is 1100. The maximum Gasteiger partial charge on any atom is 0.303 e. The van der Waals surface area contributed by atoms with Crippen LogP contribution in [0.15, 0.2) is 35.5 Å². The van der Waals surface area contributed by atoms with E-state index < -0.39 is 22.6 Å². The van der Waals surface area contributed by atoms with Crippen molar-refractivity contribution in [1.29, 1.82) is 0 Å². The monoisotopic (exact) mass is 701 g/mol. The number of allylic oxidation sites excluding steroid dienone is 4. The maximum atomic E-state index is 11.9. The van der Waals surface area contributed by atoms with E-state index in [1.54, 1.807) is 5.57 Å². The summed E-state index contributed by atoms with van der Waals surface area (Å²) in [6.45, 7) is 36.2. The molecule has 0 aromatic carbocycles.